The molecule has 290 valence electrons. The number of rotatable bonds is 4. The number of aliphatic hydroxyl groups is 2. The van der Waals surface area contributed by atoms with Gasteiger partial charge in [-0.15, -0.1) is 0 Å². The van der Waals surface area contributed by atoms with Crippen LogP contribution in [-0.4, -0.2) is 116 Å². The molecular weight excluding hydrogens is 697 g/mol. The zero-order valence-corrected chi connectivity index (χ0v) is 32.6. The summed E-state index contributed by atoms with van der Waals surface area (Å²) in [5.74, 6) is -1.57. The first kappa shape index (κ1) is 35.4. The Kier molecular flexibility index (Phi) is 7.58. The minimum Gasteiger partial charge on any atom is -0.468 e. The molecule has 12 rings (SSSR count). The number of ether oxygens (including phenoxy) is 3. The molecule has 8 heterocycles. The summed E-state index contributed by atoms with van der Waals surface area (Å²) in [5, 5.41) is 24.8. The monoisotopic (exact) mass is 748 g/mol. The highest BCUT2D eigenvalue weighted by Gasteiger charge is 2.89. The number of hydrogen-bond acceptors (Lipinski definition) is 10. The number of anilines is 1. The number of hydrogen-bond donors (Lipinski definition) is 3. The number of benzene rings is 2. The van der Waals surface area contributed by atoms with E-state index in [9.17, 15) is 19.8 Å². The van der Waals surface area contributed by atoms with Crippen molar-refractivity contribution in [2.45, 2.75) is 75.0 Å². The van der Waals surface area contributed by atoms with Gasteiger partial charge in [0.05, 0.1) is 32.3 Å². The number of aromatic amines is 1. The molecule has 2 aliphatic carbocycles. The third-order valence-electron chi connectivity index (χ3n) is 16.1. The van der Waals surface area contributed by atoms with Gasteiger partial charge in [0.15, 0.2) is 6.29 Å². The van der Waals surface area contributed by atoms with Gasteiger partial charge in [-0.1, -0.05) is 53.6 Å². The first-order chi connectivity index (χ1) is 26.6. The number of aromatic nitrogens is 1. The fraction of sp³-hybridized carbons (Fsp3) is 0.545. The van der Waals surface area contributed by atoms with E-state index in [2.05, 4.69) is 75.3 Å². The molecule has 11 nitrogen and oxygen atoms in total. The van der Waals surface area contributed by atoms with Crippen LogP contribution in [-0.2, 0) is 35.6 Å². The zero-order chi connectivity index (χ0) is 38.4. The molecule has 1 unspecified atom stereocenters. The summed E-state index contributed by atoms with van der Waals surface area (Å²) < 4.78 is 17.9. The van der Waals surface area contributed by atoms with Crippen LogP contribution in [0.2, 0.25) is 0 Å². The summed E-state index contributed by atoms with van der Waals surface area (Å²) in [5.41, 5.74) is 4.58. The Bertz CT molecular complexity index is 2210. The summed E-state index contributed by atoms with van der Waals surface area (Å²) in [6, 6.07) is 14.8. The maximum absolute atomic E-state index is 14.7. The van der Waals surface area contributed by atoms with E-state index in [1.54, 1.807) is 0 Å². The van der Waals surface area contributed by atoms with E-state index < -0.39 is 34.2 Å². The number of methoxy groups -OCH3 is 2. The molecule has 3 aromatic rings. The zero-order valence-electron chi connectivity index (χ0n) is 32.6. The minimum absolute atomic E-state index is 0.204. The highest BCUT2D eigenvalue weighted by Crippen LogP contribution is 2.78. The molecule has 1 spiro atoms. The lowest BCUT2D eigenvalue weighted by molar-refractivity contribution is -0.331. The predicted octanol–water partition coefficient (Wildman–Crippen LogP) is 4.22. The Balaban J connectivity index is 1.24. The number of allylic oxidation sites excluding steroid dienone is 2. The molecule has 7 fully saturated rings. The van der Waals surface area contributed by atoms with Crippen molar-refractivity contribution in [2.24, 2.45) is 22.7 Å². The average molecular weight is 749 g/mol. The lowest BCUT2D eigenvalue weighted by Crippen LogP contribution is -2.83. The maximum Gasteiger partial charge on any atom is 0.318 e. The van der Waals surface area contributed by atoms with E-state index in [4.69, 9.17) is 14.2 Å². The summed E-state index contributed by atoms with van der Waals surface area (Å²) >= 11 is 0. The van der Waals surface area contributed by atoms with Crippen LogP contribution in [0.15, 0.2) is 65.8 Å². The topological polar surface area (TPSA) is 128 Å². The number of piperidine rings is 1. The van der Waals surface area contributed by atoms with Gasteiger partial charge in [-0.25, -0.2) is 0 Å². The van der Waals surface area contributed by atoms with Crippen LogP contribution < -0.4 is 4.90 Å². The molecule has 55 heavy (non-hydrogen) atoms. The molecule has 0 amide bonds. The van der Waals surface area contributed by atoms with Crippen LogP contribution in [0.5, 0.6) is 0 Å². The number of likely N-dealkylation sites (N-methyl/N-ethyl adjacent to an activating group) is 2. The van der Waals surface area contributed by atoms with E-state index in [0.717, 1.165) is 56.7 Å². The van der Waals surface area contributed by atoms with E-state index in [0.29, 0.717) is 38.8 Å². The fourth-order valence-corrected chi connectivity index (χ4v) is 14.1. The van der Waals surface area contributed by atoms with Crippen LogP contribution >= 0.6 is 0 Å². The van der Waals surface area contributed by atoms with Gasteiger partial charge < -0.3 is 34.3 Å². The Labute approximate surface area is 321 Å². The number of likely N-dealkylation sites (tertiary alicyclic amines) is 1. The van der Waals surface area contributed by atoms with Gasteiger partial charge in [-0.2, -0.15) is 0 Å². The number of esters is 2. The van der Waals surface area contributed by atoms with Crippen LogP contribution in [0, 0.1) is 22.7 Å². The van der Waals surface area contributed by atoms with Crippen LogP contribution in [0.3, 0.4) is 0 Å². The Morgan fingerprint density at radius 2 is 1.75 bits per heavy atom. The molecular formula is C44H52N4O7. The smallest absolute Gasteiger partial charge is 0.318 e. The van der Waals surface area contributed by atoms with Crippen molar-refractivity contribution in [1.82, 2.24) is 14.8 Å². The Morgan fingerprint density at radius 1 is 1.00 bits per heavy atom. The molecule has 2 aromatic carbocycles. The number of carbonyl (C=O) groups is 2. The maximum atomic E-state index is 14.7. The summed E-state index contributed by atoms with van der Waals surface area (Å²) in [6.45, 7) is 5.85. The van der Waals surface area contributed by atoms with Crippen molar-refractivity contribution in [2.75, 3.05) is 59.5 Å². The number of aliphatic hydroxyl groups excluding tert-OH is 2. The summed E-state index contributed by atoms with van der Waals surface area (Å²) in [4.78, 5) is 39.9. The summed E-state index contributed by atoms with van der Waals surface area (Å²) in [7, 11) is 7.04. The van der Waals surface area contributed by atoms with E-state index in [-0.39, 0.29) is 42.5 Å². The van der Waals surface area contributed by atoms with E-state index in [1.807, 2.05) is 27.0 Å². The third-order valence-corrected chi connectivity index (χ3v) is 16.1. The second-order valence-electron chi connectivity index (χ2n) is 17.2. The number of H-pyrrole nitrogens is 1. The van der Waals surface area contributed by atoms with Crippen molar-refractivity contribution in [3.8, 4) is 0 Å². The van der Waals surface area contributed by atoms with Crippen molar-refractivity contribution in [1.29, 1.82) is 0 Å². The number of carbonyl (C=O) groups excluding carboxylic acids is 2. The minimum atomic E-state index is -1.37. The van der Waals surface area contributed by atoms with E-state index in [1.165, 1.54) is 14.2 Å². The SMILES string of the molecule is C/C=C1/CN(C)[C@H]2Cc3c([nH]c4ccccc34)[C@H](c3ccc4c(c3)[C@@]35CCN6C/C(=C/C)[C@@H]7C[C@H](O[C@@H](O)[C@@]73C(=O)OC)[C@]65N4C)C[C@@H]1[C@]2(CO)C(=O)OC. The van der Waals surface area contributed by atoms with Crippen molar-refractivity contribution >= 4 is 28.5 Å². The van der Waals surface area contributed by atoms with Gasteiger partial charge in [0, 0.05) is 72.8 Å². The van der Waals surface area contributed by atoms with Gasteiger partial charge >= 0.3 is 11.9 Å². The number of nitrogens with one attached hydrogen (secondary N) is 1. The highest BCUT2D eigenvalue weighted by molar-refractivity contribution is 5.88. The van der Waals surface area contributed by atoms with Gasteiger partial charge in [0.25, 0.3) is 0 Å². The van der Waals surface area contributed by atoms with Gasteiger partial charge in [0.2, 0.25) is 0 Å². The van der Waals surface area contributed by atoms with Crippen molar-refractivity contribution in [3.05, 3.63) is 88.1 Å². The average Bonchev–Trinajstić information content (AvgIpc) is 3.77. The largest absolute Gasteiger partial charge is 0.468 e. The lowest BCUT2D eigenvalue weighted by Gasteiger charge is -2.67. The quantitative estimate of drug-likeness (QED) is 0.264. The van der Waals surface area contributed by atoms with Gasteiger partial charge in [-0.3, -0.25) is 19.4 Å². The van der Waals surface area contributed by atoms with Crippen LogP contribution in [0.4, 0.5) is 5.69 Å². The predicted molar refractivity (Wildman–Crippen MR) is 206 cm³/mol. The molecule has 1 aromatic heterocycles. The van der Waals surface area contributed by atoms with Crippen molar-refractivity contribution < 1.29 is 34.0 Å². The van der Waals surface area contributed by atoms with Gasteiger partial charge in [-0.05, 0) is 75.4 Å². The van der Waals surface area contributed by atoms with Gasteiger partial charge in [0.1, 0.15) is 16.5 Å². The molecule has 3 N–H and O–H groups in total. The first-order valence-electron chi connectivity index (χ1n) is 19.9. The first-order valence-corrected chi connectivity index (χ1v) is 19.9. The molecule has 11 atom stereocenters. The molecule has 7 aliphatic heterocycles. The molecule has 11 heteroatoms. The Hall–Kier alpha value is -4.00. The molecule has 0 radical (unpaired) electrons. The number of nitrogens with zero attached hydrogens (tertiary/aromatic N) is 3. The van der Waals surface area contributed by atoms with Crippen LogP contribution in [0.1, 0.15) is 61.4 Å². The second-order valence-corrected chi connectivity index (χ2v) is 17.2. The molecule has 9 aliphatic rings. The standard InChI is InChI=1S/C44H52N4O7/c1-7-24-21-46(3)35-19-29-27-11-9-10-12-33(27)45-37(29)28(18-30(24)41(35,23-49)38(50)53-5)26-13-14-34-32(17-26)42-15-16-48-22-25(8-2)31-20-36(44(42,48)47(34)4)55-40(52)43(31,42)39(51)54-6/h7-14,17,28,30-31,35-36,40,45,49,52H,15-16,18-23H2,1-6H3/b24-7-,25-8-/t28-,30-,31-,35-,36-,40+,41-,42-,43-,44-/m0/s1. The number of fused-ring (bicyclic) bond motifs is 8. The summed E-state index contributed by atoms with van der Waals surface area (Å²) in [6.07, 6.45) is 4.97. The van der Waals surface area contributed by atoms with Crippen LogP contribution in [0.25, 0.3) is 10.9 Å². The molecule has 8 bridgehead atoms. The van der Waals surface area contributed by atoms with E-state index >= 15 is 0 Å². The Morgan fingerprint density at radius 3 is 2.47 bits per heavy atom. The normalized spacial score (nSPS) is 41.2. The molecule has 6 saturated heterocycles. The molecule has 1 saturated carbocycles. The van der Waals surface area contributed by atoms with Crippen molar-refractivity contribution in [3.63, 3.8) is 0 Å². The highest BCUT2D eigenvalue weighted by atomic mass is 16.6. The third kappa shape index (κ3) is 3.76. The number of para-hydroxylation sites is 1. The second kappa shape index (κ2) is 11.8. The lowest BCUT2D eigenvalue weighted by atomic mass is 9.43. The fourth-order valence-electron chi connectivity index (χ4n) is 14.1.